The van der Waals surface area contributed by atoms with Crippen LogP contribution >= 0.6 is 0 Å². The second-order valence-electron chi connectivity index (χ2n) is 8.21. The highest BCUT2D eigenvalue weighted by molar-refractivity contribution is 5.78. The van der Waals surface area contributed by atoms with Gasteiger partial charge in [-0.05, 0) is 38.0 Å². The minimum Gasteiger partial charge on any atom is -0.370 e. The lowest BCUT2D eigenvalue weighted by atomic mass is 9.95. The van der Waals surface area contributed by atoms with Crippen molar-refractivity contribution in [3.63, 3.8) is 0 Å². The molecule has 0 heterocycles. The summed E-state index contributed by atoms with van der Waals surface area (Å²) < 4.78 is 0. The van der Waals surface area contributed by atoms with E-state index in [-0.39, 0.29) is 0 Å². The summed E-state index contributed by atoms with van der Waals surface area (Å²) in [5, 5.41) is 3.39. The molecule has 1 aliphatic rings. The third-order valence-electron chi connectivity index (χ3n) is 5.10. The summed E-state index contributed by atoms with van der Waals surface area (Å²) in [6, 6.07) is 0.898. The number of hydrogen-bond acceptors (Lipinski definition) is 1. The lowest BCUT2D eigenvalue weighted by Gasteiger charge is -2.20. The van der Waals surface area contributed by atoms with Crippen molar-refractivity contribution in [2.75, 3.05) is 0 Å². The highest BCUT2D eigenvalue weighted by atomic mass is 15.1. The Morgan fingerprint density at radius 2 is 1.57 bits per heavy atom. The molecule has 0 amide bonds. The van der Waals surface area contributed by atoms with Gasteiger partial charge in [0.15, 0.2) is 5.96 Å². The summed E-state index contributed by atoms with van der Waals surface area (Å²) in [6.45, 7) is 9.26. The van der Waals surface area contributed by atoms with Crippen LogP contribution in [0, 0.1) is 11.8 Å². The largest absolute Gasteiger partial charge is 0.370 e. The van der Waals surface area contributed by atoms with Gasteiger partial charge in [-0.3, -0.25) is 4.99 Å². The highest BCUT2D eigenvalue weighted by Gasteiger charge is 2.13. The number of nitrogens with two attached hydrogens (primary N) is 1. The highest BCUT2D eigenvalue weighted by Crippen LogP contribution is 2.20. The first-order valence-electron chi connectivity index (χ1n) is 10.1. The maximum atomic E-state index is 6.07. The van der Waals surface area contributed by atoms with E-state index in [9.17, 15) is 0 Å². The van der Waals surface area contributed by atoms with E-state index in [0.717, 1.165) is 11.8 Å². The van der Waals surface area contributed by atoms with E-state index < -0.39 is 0 Å². The Bertz CT molecular complexity index is 319. The molecule has 0 radical (unpaired) electrons. The van der Waals surface area contributed by atoms with E-state index in [1.807, 2.05) is 0 Å². The molecule has 3 nitrogen and oxygen atoms in total. The monoisotopic (exact) mass is 323 g/mol. The average Bonchev–Trinajstić information content (AvgIpc) is 2.47. The fourth-order valence-electron chi connectivity index (χ4n) is 3.56. The number of rotatable bonds is 10. The van der Waals surface area contributed by atoms with Crippen molar-refractivity contribution in [2.45, 2.75) is 110 Å². The maximum absolute atomic E-state index is 6.07. The van der Waals surface area contributed by atoms with Crippen molar-refractivity contribution >= 4 is 5.96 Å². The molecular weight excluding hydrogens is 282 g/mol. The summed E-state index contributed by atoms with van der Waals surface area (Å²) in [4.78, 5) is 4.66. The Labute approximate surface area is 144 Å². The van der Waals surface area contributed by atoms with Gasteiger partial charge in [0.2, 0.25) is 0 Å². The molecule has 136 valence electrons. The Balaban J connectivity index is 2.10. The number of hydrogen-bond donors (Lipinski definition) is 2. The van der Waals surface area contributed by atoms with Crippen LogP contribution in [0.5, 0.6) is 0 Å². The number of guanidine groups is 1. The molecule has 0 aromatic heterocycles. The molecule has 0 aromatic rings. The van der Waals surface area contributed by atoms with Crippen LogP contribution in [0.1, 0.15) is 98.3 Å². The van der Waals surface area contributed by atoms with Crippen molar-refractivity contribution in [3.05, 3.63) is 0 Å². The van der Waals surface area contributed by atoms with E-state index in [4.69, 9.17) is 5.73 Å². The third-order valence-corrected chi connectivity index (χ3v) is 5.10. The van der Waals surface area contributed by atoms with E-state index in [1.54, 1.807) is 0 Å². The average molecular weight is 324 g/mol. The van der Waals surface area contributed by atoms with Crippen molar-refractivity contribution in [1.29, 1.82) is 0 Å². The van der Waals surface area contributed by atoms with Crippen molar-refractivity contribution in [1.82, 2.24) is 5.32 Å². The van der Waals surface area contributed by atoms with Gasteiger partial charge in [-0.25, -0.2) is 0 Å². The van der Waals surface area contributed by atoms with Crippen molar-refractivity contribution < 1.29 is 0 Å². The molecule has 1 rings (SSSR count). The zero-order chi connectivity index (χ0) is 17.1. The normalized spacial score (nSPS) is 19.8. The topological polar surface area (TPSA) is 50.4 Å². The Morgan fingerprint density at radius 1 is 0.957 bits per heavy atom. The second kappa shape index (κ2) is 11.8. The van der Waals surface area contributed by atoms with E-state index >= 15 is 0 Å². The summed E-state index contributed by atoms with van der Waals surface area (Å²) in [5.74, 6) is 2.36. The van der Waals surface area contributed by atoms with Crippen LogP contribution in [0.25, 0.3) is 0 Å². The van der Waals surface area contributed by atoms with Gasteiger partial charge < -0.3 is 11.1 Å². The molecule has 3 N–H and O–H groups in total. The molecule has 3 heteroatoms. The lowest BCUT2D eigenvalue weighted by molar-refractivity contribution is 0.411. The van der Waals surface area contributed by atoms with E-state index in [0.29, 0.717) is 18.0 Å². The van der Waals surface area contributed by atoms with Gasteiger partial charge in [0, 0.05) is 6.04 Å². The van der Waals surface area contributed by atoms with Gasteiger partial charge in [0.05, 0.1) is 6.04 Å². The lowest BCUT2D eigenvalue weighted by Crippen LogP contribution is -2.39. The fourth-order valence-corrected chi connectivity index (χ4v) is 3.56. The van der Waals surface area contributed by atoms with Crippen LogP contribution in [0.4, 0.5) is 0 Å². The molecule has 1 saturated carbocycles. The molecule has 23 heavy (non-hydrogen) atoms. The van der Waals surface area contributed by atoms with Crippen LogP contribution in [-0.2, 0) is 0 Å². The summed E-state index contributed by atoms with van der Waals surface area (Å²) in [5.41, 5.74) is 6.07. The van der Waals surface area contributed by atoms with Gasteiger partial charge in [-0.1, -0.05) is 72.1 Å². The maximum Gasteiger partial charge on any atom is 0.189 e. The molecule has 1 fully saturated rings. The minimum atomic E-state index is 0.435. The second-order valence-corrected chi connectivity index (χ2v) is 8.21. The fraction of sp³-hybridized carbons (Fsp3) is 0.950. The minimum absolute atomic E-state index is 0.435. The van der Waals surface area contributed by atoms with E-state index in [2.05, 4.69) is 38.0 Å². The molecule has 0 saturated heterocycles. The predicted octanol–water partition coefficient (Wildman–Crippen LogP) is 5.24. The smallest absolute Gasteiger partial charge is 0.189 e. The van der Waals surface area contributed by atoms with Crippen molar-refractivity contribution in [2.24, 2.45) is 22.6 Å². The molecule has 0 aliphatic heterocycles. The standard InChI is InChI=1S/C20H41N3/c1-16(2)10-8-11-17(3)12-9-13-18(4)22-20(21)23-19-14-6-5-7-15-19/h16-19H,5-15H2,1-4H3,(H3,21,22,23). The molecule has 1 aliphatic carbocycles. The molecule has 2 unspecified atom stereocenters. The number of nitrogens with zero attached hydrogens (tertiary/aromatic N) is 1. The number of aliphatic imine (C=N–C) groups is 1. The SMILES string of the molecule is CC(C)CCCC(C)CCCC(C)NC(N)=NC1CCCCC1. The molecule has 0 spiro atoms. The van der Waals surface area contributed by atoms with Gasteiger partial charge in [-0.15, -0.1) is 0 Å². The van der Waals surface area contributed by atoms with Gasteiger partial charge in [0.1, 0.15) is 0 Å². The number of nitrogens with one attached hydrogen (secondary N) is 1. The summed E-state index contributed by atoms with van der Waals surface area (Å²) in [6.07, 6.45) is 14.4. The summed E-state index contributed by atoms with van der Waals surface area (Å²) in [7, 11) is 0. The van der Waals surface area contributed by atoms with Gasteiger partial charge >= 0.3 is 0 Å². The summed E-state index contributed by atoms with van der Waals surface area (Å²) >= 11 is 0. The molecule has 0 aromatic carbocycles. The Hall–Kier alpha value is -0.730. The van der Waals surface area contributed by atoms with Crippen LogP contribution in [0.3, 0.4) is 0 Å². The van der Waals surface area contributed by atoms with Crippen LogP contribution < -0.4 is 11.1 Å². The molecular formula is C20H41N3. The van der Waals surface area contributed by atoms with Gasteiger partial charge in [0.25, 0.3) is 0 Å². The zero-order valence-electron chi connectivity index (χ0n) is 16.1. The first-order chi connectivity index (χ1) is 11.0. The van der Waals surface area contributed by atoms with Crippen molar-refractivity contribution in [3.8, 4) is 0 Å². The Morgan fingerprint density at radius 3 is 2.17 bits per heavy atom. The first kappa shape index (κ1) is 20.3. The Kier molecular flexibility index (Phi) is 10.4. The van der Waals surface area contributed by atoms with Crippen LogP contribution in [0.15, 0.2) is 4.99 Å². The predicted molar refractivity (Wildman–Crippen MR) is 103 cm³/mol. The molecule has 2 atom stereocenters. The molecule has 0 bridgehead atoms. The van der Waals surface area contributed by atoms with Crippen LogP contribution in [0.2, 0.25) is 0 Å². The zero-order valence-corrected chi connectivity index (χ0v) is 16.1. The third kappa shape index (κ3) is 10.6. The first-order valence-corrected chi connectivity index (χ1v) is 10.1. The van der Waals surface area contributed by atoms with Gasteiger partial charge in [-0.2, -0.15) is 0 Å². The quantitative estimate of drug-likeness (QED) is 0.426. The van der Waals surface area contributed by atoms with Crippen LogP contribution in [-0.4, -0.2) is 18.0 Å². The van der Waals surface area contributed by atoms with E-state index in [1.165, 1.54) is 70.6 Å².